The molecule has 0 aromatic carbocycles. The van der Waals surface area contributed by atoms with Crippen LogP contribution in [0.25, 0.3) is 10.2 Å². The Labute approximate surface area is 110 Å². The summed E-state index contributed by atoms with van der Waals surface area (Å²) in [6.07, 6.45) is 1.84. The van der Waals surface area contributed by atoms with E-state index >= 15 is 0 Å². The highest BCUT2D eigenvalue weighted by Gasteiger charge is 2.17. The number of rotatable bonds is 3. The summed E-state index contributed by atoms with van der Waals surface area (Å²) in [6.45, 7) is 3.57. The molecule has 5 nitrogen and oxygen atoms in total. The molecule has 0 aliphatic carbocycles. The number of fused-ring (bicyclic) bond motifs is 1. The van der Waals surface area contributed by atoms with Crippen LogP contribution < -0.4 is 5.32 Å². The van der Waals surface area contributed by atoms with Crippen molar-refractivity contribution >= 4 is 27.4 Å². The Hall–Kier alpha value is -1.24. The molecule has 6 heteroatoms. The van der Waals surface area contributed by atoms with Crippen LogP contribution in [0.3, 0.4) is 0 Å². The molecule has 18 heavy (non-hydrogen) atoms. The molecule has 2 aromatic heterocycles. The first-order valence-corrected chi connectivity index (χ1v) is 6.93. The Kier molecular flexibility index (Phi) is 3.40. The van der Waals surface area contributed by atoms with E-state index in [2.05, 4.69) is 33.3 Å². The average Bonchev–Trinajstić information content (AvgIpc) is 2.85. The van der Waals surface area contributed by atoms with Crippen molar-refractivity contribution in [3.63, 3.8) is 0 Å². The summed E-state index contributed by atoms with van der Waals surface area (Å²) in [7, 11) is 2.12. The standard InChI is InChI=1S/C12H16N4OS/c1-16-3-4-17-9(7-16)6-13-11-10-2-5-18-12(10)15-8-14-11/h2,5,8-9H,3-4,6-7H2,1H3,(H,13,14,15). The molecular weight excluding hydrogens is 248 g/mol. The van der Waals surface area contributed by atoms with E-state index in [1.54, 1.807) is 17.7 Å². The van der Waals surface area contributed by atoms with E-state index in [0.717, 1.165) is 42.3 Å². The molecule has 2 aromatic rings. The maximum atomic E-state index is 5.72. The summed E-state index contributed by atoms with van der Waals surface area (Å²) in [5.74, 6) is 0.901. The lowest BCUT2D eigenvalue weighted by molar-refractivity contribution is -0.0117. The van der Waals surface area contributed by atoms with Crippen molar-refractivity contribution < 1.29 is 4.74 Å². The summed E-state index contributed by atoms with van der Waals surface area (Å²) in [4.78, 5) is 11.8. The molecule has 0 bridgehead atoms. The first-order chi connectivity index (χ1) is 8.83. The molecule has 3 heterocycles. The minimum absolute atomic E-state index is 0.229. The number of hydrogen-bond donors (Lipinski definition) is 1. The van der Waals surface area contributed by atoms with Crippen LogP contribution in [0.15, 0.2) is 17.8 Å². The van der Waals surface area contributed by atoms with Crippen LogP contribution in [0.5, 0.6) is 0 Å². The lowest BCUT2D eigenvalue weighted by Gasteiger charge is -2.30. The quantitative estimate of drug-likeness (QED) is 0.909. The first kappa shape index (κ1) is 11.8. The molecule has 1 N–H and O–H groups in total. The summed E-state index contributed by atoms with van der Waals surface area (Å²) in [5.41, 5.74) is 0. The van der Waals surface area contributed by atoms with Gasteiger partial charge in [-0.25, -0.2) is 9.97 Å². The fourth-order valence-corrected chi connectivity index (χ4v) is 2.86. The molecule has 1 aliphatic rings. The lowest BCUT2D eigenvalue weighted by Crippen LogP contribution is -2.43. The van der Waals surface area contributed by atoms with Gasteiger partial charge in [-0.15, -0.1) is 11.3 Å². The molecular formula is C12H16N4OS. The maximum Gasteiger partial charge on any atom is 0.138 e. The highest BCUT2D eigenvalue weighted by atomic mass is 32.1. The Morgan fingerprint density at radius 1 is 1.56 bits per heavy atom. The van der Waals surface area contributed by atoms with Gasteiger partial charge in [-0.2, -0.15) is 0 Å². The second kappa shape index (κ2) is 5.17. The van der Waals surface area contributed by atoms with Gasteiger partial charge in [0.2, 0.25) is 0 Å². The fraction of sp³-hybridized carbons (Fsp3) is 0.500. The first-order valence-electron chi connectivity index (χ1n) is 6.05. The molecule has 1 fully saturated rings. The average molecular weight is 264 g/mol. The van der Waals surface area contributed by atoms with Gasteiger partial charge in [0.15, 0.2) is 0 Å². The Morgan fingerprint density at radius 3 is 3.39 bits per heavy atom. The number of hydrogen-bond acceptors (Lipinski definition) is 6. The molecule has 0 radical (unpaired) electrons. The van der Waals surface area contributed by atoms with Gasteiger partial charge in [0.25, 0.3) is 0 Å². The number of thiophene rings is 1. The van der Waals surface area contributed by atoms with E-state index in [9.17, 15) is 0 Å². The van der Waals surface area contributed by atoms with Crippen molar-refractivity contribution in [2.45, 2.75) is 6.10 Å². The number of aromatic nitrogens is 2. The SMILES string of the molecule is CN1CCOC(CNc2ncnc3sccc23)C1. The second-order valence-corrected chi connectivity index (χ2v) is 5.39. The fourth-order valence-electron chi connectivity index (χ4n) is 2.13. The minimum atomic E-state index is 0.229. The van der Waals surface area contributed by atoms with Crippen molar-refractivity contribution in [1.29, 1.82) is 0 Å². The molecule has 1 atom stereocenters. The molecule has 1 saturated heterocycles. The van der Waals surface area contributed by atoms with Gasteiger partial charge in [-0.1, -0.05) is 0 Å². The summed E-state index contributed by atoms with van der Waals surface area (Å²) in [6, 6.07) is 2.05. The third kappa shape index (κ3) is 2.45. The van der Waals surface area contributed by atoms with Crippen molar-refractivity contribution in [3.8, 4) is 0 Å². The number of likely N-dealkylation sites (N-methyl/N-ethyl adjacent to an activating group) is 1. The van der Waals surface area contributed by atoms with Crippen molar-refractivity contribution in [2.75, 3.05) is 38.6 Å². The van der Waals surface area contributed by atoms with Crippen molar-refractivity contribution in [2.24, 2.45) is 0 Å². The molecule has 96 valence electrons. The molecule has 0 spiro atoms. The predicted molar refractivity (Wildman–Crippen MR) is 73.1 cm³/mol. The zero-order valence-electron chi connectivity index (χ0n) is 10.3. The van der Waals surface area contributed by atoms with Gasteiger partial charge in [0.1, 0.15) is 17.0 Å². The number of morpholine rings is 1. The zero-order valence-corrected chi connectivity index (χ0v) is 11.1. The molecule has 1 unspecified atom stereocenters. The zero-order chi connectivity index (χ0) is 12.4. The van der Waals surface area contributed by atoms with Crippen LogP contribution in [0.4, 0.5) is 5.82 Å². The van der Waals surface area contributed by atoms with Gasteiger partial charge >= 0.3 is 0 Å². The van der Waals surface area contributed by atoms with Gasteiger partial charge in [-0.3, -0.25) is 0 Å². The van der Waals surface area contributed by atoms with Crippen molar-refractivity contribution in [3.05, 3.63) is 17.8 Å². The van der Waals surface area contributed by atoms with E-state index in [0.29, 0.717) is 0 Å². The Balaban J connectivity index is 1.67. The molecule has 0 amide bonds. The third-order valence-electron chi connectivity index (χ3n) is 3.10. The molecule has 0 saturated carbocycles. The smallest absolute Gasteiger partial charge is 0.138 e. The summed E-state index contributed by atoms with van der Waals surface area (Å²) >= 11 is 1.63. The van der Waals surface area contributed by atoms with Crippen LogP contribution in [0, 0.1) is 0 Å². The number of ether oxygens (including phenoxy) is 1. The van der Waals surface area contributed by atoms with Gasteiger partial charge in [0, 0.05) is 19.6 Å². The summed E-state index contributed by atoms with van der Waals surface area (Å²) < 4.78 is 5.72. The van der Waals surface area contributed by atoms with E-state index < -0.39 is 0 Å². The predicted octanol–water partition coefficient (Wildman–Crippen LogP) is 1.43. The Bertz CT molecular complexity index is 530. The van der Waals surface area contributed by atoms with Crippen LogP contribution in [-0.2, 0) is 4.74 Å². The number of anilines is 1. The summed E-state index contributed by atoms with van der Waals surface area (Å²) in [5, 5.41) is 6.49. The van der Waals surface area contributed by atoms with Crippen LogP contribution in [-0.4, -0.2) is 54.3 Å². The number of nitrogens with zero attached hydrogens (tertiary/aromatic N) is 3. The van der Waals surface area contributed by atoms with E-state index in [-0.39, 0.29) is 6.10 Å². The monoisotopic (exact) mass is 264 g/mol. The second-order valence-electron chi connectivity index (χ2n) is 4.50. The highest BCUT2D eigenvalue weighted by molar-refractivity contribution is 7.16. The lowest BCUT2D eigenvalue weighted by atomic mass is 10.2. The largest absolute Gasteiger partial charge is 0.374 e. The number of nitrogens with one attached hydrogen (secondary N) is 1. The van der Waals surface area contributed by atoms with Crippen LogP contribution in [0.1, 0.15) is 0 Å². The highest BCUT2D eigenvalue weighted by Crippen LogP contribution is 2.23. The van der Waals surface area contributed by atoms with Gasteiger partial charge in [-0.05, 0) is 18.5 Å². The third-order valence-corrected chi connectivity index (χ3v) is 3.92. The molecule has 1 aliphatic heterocycles. The normalized spacial score (nSPS) is 21.3. The van der Waals surface area contributed by atoms with E-state index in [4.69, 9.17) is 4.74 Å². The molecule has 3 rings (SSSR count). The maximum absolute atomic E-state index is 5.72. The van der Waals surface area contributed by atoms with E-state index in [1.165, 1.54) is 0 Å². The van der Waals surface area contributed by atoms with Gasteiger partial charge in [0.05, 0.1) is 18.1 Å². The van der Waals surface area contributed by atoms with Crippen LogP contribution >= 0.6 is 11.3 Å². The van der Waals surface area contributed by atoms with Crippen molar-refractivity contribution in [1.82, 2.24) is 14.9 Å². The van der Waals surface area contributed by atoms with Gasteiger partial charge < -0.3 is 15.0 Å². The van der Waals surface area contributed by atoms with Crippen LogP contribution in [0.2, 0.25) is 0 Å². The Morgan fingerprint density at radius 2 is 2.50 bits per heavy atom. The van der Waals surface area contributed by atoms with E-state index in [1.807, 2.05) is 5.38 Å². The minimum Gasteiger partial charge on any atom is -0.374 e. The topological polar surface area (TPSA) is 50.3 Å².